The number of benzene rings is 1. The van der Waals surface area contributed by atoms with Crippen LogP contribution in [0.4, 0.5) is 4.79 Å². The van der Waals surface area contributed by atoms with Gasteiger partial charge < -0.3 is 24.4 Å². The lowest BCUT2D eigenvalue weighted by Gasteiger charge is -2.40. The van der Waals surface area contributed by atoms with Crippen LogP contribution in [0.5, 0.6) is 11.5 Å². The first-order chi connectivity index (χ1) is 12.0. The molecule has 7 heteroatoms. The van der Waals surface area contributed by atoms with Gasteiger partial charge in [0.15, 0.2) is 11.5 Å². The quantitative estimate of drug-likeness (QED) is 0.900. The Morgan fingerprint density at radius 2 is 2.12 bits per heavy atom. The molecule has 2 aliphatic heterocycles. The molecule has 0 spiro atoms. The summed E-state index contributed by atoms with van der Waals surface area (Å²) in [6.07, 6.45) is 2.27. The number of nitrogens with zero attached hydrogens (tertiary/aromatic N) is 1. The first-order valence-electron chi connectivity index (χ1n) is 8.47. The summed E-state index contributed by atoms with van der Waals surface area (Å²) in [5.41, 5.74) is 1.17. The Labute approximate surface area is 147 Å². The average Bonchev–Trinajstić information content (AvgIpc) is 3.06. The fourth-order valence-electron chi connectivity index (χ4n) is 3.55. The second-order valence-corrected chi connectivity index (χ2v) is 6.94. The fourth-order valence-corrected chi connectivity index (χ4v) is 3.55. The number of alkyl carbamates (subject to hydrolysis) is 1. The van der Waals surface area contributed by atoms with Crippen LogP contribution in [0.15, 0.2) is 18.2 Å². The van der Waals surface area contributed by atoms with Crippen molar-refractivity contribution in [2.24, 2.45) is 5.41 Å². The summed E-state index contributed by atoms with van der Waals surface area (Å²) in [5, 5.41) is 2.45. The highest BCUT2D eigenvalue weighted by molar-refractivity contribution is 5.82. The number of amides is 2. The molecular formula is C18H24N2O5. The zero-order chi connectivity index (χ0) is 17.9. The first kappa shape index (κ1) is 17.4. The van der Waals surface area contributed by atoms with Crippen LogP contribution < -0.4 is 14.8 Å². The lowest BCUT2D eigenvalue weighted by molar-refractivity contribution is -0.133. The summed E-state index contributed by atoms with van der Waals surface area (Å²) in [7, 11) is 1.28. The minimum absolute atomic E-state index is 0.00707. The number of rotatable bonds is 4. The summed E-state index contributed by atoms with van der Waals surface area (Å²) >= 11 is 0. The van der Waals surface area contributed by atoms with Gasteiger partial charge in [0.2, 0.25) is 12.7 Å². The van der Waals surface area contributed by atoms with Gasteiger partial charge in [0.05, 0.1) is 7.11 Å². The summed E-state index contributed by atoms with van der Waals surface area (Å²) in [4.78, 5) is 25.3. The number of hydrogen-bond donors (Lipinski definition) is 1. The second kappa shape index (κ2) is 7.21. The van der Waals surface area contributed by atoms with E-state index >= 15 is 0 Å². The highest BCUT2D eigenvalue weighted by atomic mass is 16.7. The van der Waals surface area contributed by atoms with E-state index in [0.717, 1.165) is 37.3 Å². The largest absolute Gasteiger partial charge is 0.454 e. The van der Waals surface area contributed by atoms with Crippen LogP contribution in [0, 0.1) is 5.41 Å². The van der Waals surface area contributed by atoms with Crippen molar-refractivity contribution in [1.29, 1.82) is 0 Å². The molecule has 0 aliphatic carbocycles. The number of ether oxygens (including phenoxy) is 3. The van der Waals surface area contributed by atoms with Crippen molar-refractivity contribution in [3.8, 4) is 11.5 Å². The van der Waals surface area contributed by atoms with Crippen LogP contribution in [-0.4, -0.2) is 50.4 Å². The van der Waals surface area contributed by atoms with Crippen molar-refractivity contribution in [2.45, 2.75) is 26.2 Å². The molecule has 1 aromatic rings. The maximum atomic E-state index is 12.3. The van der Waals surface area contributed by atoms with Crippen molar-refractivity contribution >= 4 is 12.0 Å². The van der Waals surface area contributed by atoms with E-state index in [9.17, 15) is 9.59 Å². The van der Waals surface area contributed by atoms with Crippen molar-refractivity contribution in [3.63, 3.8) is 0 Å². The van der Waals surface area contributed by atoms with Crippen LogP contribution in [0.3, 0.4) is 0 Å². The monoisotopic (exact) mass is 348 g/mol. The van der Waals surface area contributed by atoms with Crippen LogP contribution >= 0.6 is 0 Å². The summed E-state index contributed by atoms with van der Waals surface area (Å²) in [6, 6.07) is 6.01. The predicted molar refractivity (Wildman–Crippen MR) is 90.6 cm³/mol. The Balaban J connectivity index is 1.61. The smallest absolute Gasteiger partial charge is 0.407 e. The third kappa shape index (κ3) is 4.15. The molecule has 1 aromatic carbocycles. The van der Waals surface area contributed by atoms with E-state index in [2.05, 4.69) is 23.0 Å². The van der Waals surface area contributed by atoms with E-state index in [-0.39, 0.29) is 24.7 Å². The Morgan fingerprint density at radius 3 is 2.92 bits per heavy atom. The molecule has 1 fully saturated rings. The third-order valence-electron chi connectivity index (χ3n) is 4.77. The molecule has 1 saturated heterocycles. The maximum absolute atomic E-state index is 12.3. The van der Waals surface area contributed by atoms with Gasteiger partial charge in [-0.3, -0.25) is 4.79 Å². The zero-order valence-corrected chi connectivity index (χ0v) is 14.7. The zero-order valence-electron chi connectivity index (χ0n) is 14.7. The SMILES string of the molecule is COC(=O)NCC(=O)N1CCC[C@](C)(Cc2ccc3c(c2)OCO3)C1. The Bertz CT molecular complexity index is 663. The molecule has 7 nitrogen and oxygen atoms in total. The number of carbonyl (C=O) groups is 2. The van der Waals surface area contributed by atoms with Gasteiger partial charge in [-0.15, -0.1) is 0 Å². The second-order valence-electron chi connectivity index (χ2n) is 6.94. The molecule has 0 unspecified atom stereocenters. The predicted octanol–water partition coefficient (Wildman–Crippen LogP) is 1.94. The van der Waals surface area contributed by atoms with Gasteiger partial charge in [-0.05, 0) is 42.4 Å². The summed E-state index contributed by atoms with van der Waals surface area (Å²) in [6.45, 7) is 3.82. The normalized spacial score (nSPS) is 21.8. The van der Waals surface area contributed by atoms with Crippen LogP contribution in [0.25, 0.3) is 0 Å². The van der Waals surface area contributed by atoms with E-state index in [1.54, 1.807) is 0 Å². The highest BCUT2D eigenvalue weighted by Gasteiger charge is 2.33. The lowest BCUT2D eigenvalue weighted by Crippen LogP contribution is -2.49. The molecule has 0 bridgehead atoms. The molecule has 2 heterocycles. The standard InChI is InChI=1S/C18H24N2O5/c1-18(9-13-4-5-14-15(8-13)25-12-24-14)6-3-7-20(11-18)16(21)10-19-17(22)23-2/h4-5,8H,3,6-7,9-12H2,1-2H3,(H,19,22)/t18-/m1/s1. The molecule has 2 amide bonds. The van der Waals surface area contributed by atoms with Gasteiger partial charge in [-0.25, -0.2) is 4.79 Å². The molecule has 1 atom stereocenters. The van der Waals surface area contributed by atoms with Gasteiger partial charge in [-0.1, -0.05) is 13.0 Å². The summed E-state index contributed by atoms with van der Waals surface area (Å²) < 4.78 is 15.3. The minimum Gasteiger partial charge on any atom is -0.454 e. The molecule has 25 heavy (non-hydrogen) atoms. The van der Waals surface area contributed by atoms with Crippen LogP contribution in [0.2, 0.25) is 0 Å². The highest BCUT2D eigenvalue weighted by Crippen LogP contribution is 2.37. The number of methoxy groups -OCH3 is 1. The van der Waals surface area contributed by atoms with Gasteiger partial charge in [0, 0.05) is 13.1 Å². The number of likely N-dealkylation sites (tertiary alicyclic amines) is 1. The van der Waals surface area contributed by atoms with Gasteiger partial charge in [0.25, 0.3) is 0 Å². The topological polar surface area (TPSA) is 77.1 Å². The lowest BCUT2D eigenvalue weighted by atomic mass is 9.77. The van der Waals surface area contributed by atoms with Crippen molar-refractivity contribution in [2.75, 3.05) is 33.5 Å². The van der Waals surface area contributed by atoms with Crippen molar-refractivity contribution < 1.29 is 23.8 Å². The van der Waals surface area contributed by atoms with Gasteiger partial charge >= 0.3 is 6.09 Å². The summed E-state index contributed by atoms with van der Waals surface area (Å²) in [5.74, 6) is 1.48. The number of piperidine rings is 1. The van der Waals surface area contributed by atoms with Gasteiger partial charge in [-0.2, -0.15) is 0 Å². The third-order valence-corrected chi connectivity index (χ3v) is 4.77. The van der Waals surface area contributed by atoms with E-state index in [1.807, 2.05) is 17.0 Å². The molecule has 136 valence electrons. The van der Waals surface area contributed by atoms with E-state index in [0.29, 0.717) is 6.54 Å². The molecule has 1 N–H and O–H groups in total. The molecule has 3 rings (SSSR count). The van der Waals surface area contributed by atoms with E-state index in [4.69, 9.17) is 9.47 Å². The fraction of sp³-hybridized carbons (Fsp3) is 0.556. The Hall–Kier alpha value is -2.44. The average molecular weight is 348 g/mol. The molecule has 0 radical (unpaired) electrons. The van der Waals surface area contributed by atoms with E-state index < -0.39 is 6.09 Å². The maximum Gasteiger partial charge on any atom is 0.407 e. The van der Waals surface area contributed by atoms with Gasteiger partial charge in [0.1, 0.15) is 6.54 Å². The molecule has 2 aliphatic rings. The molecular weight excluding hydrogens is 324 g/mol. The Kier molecular flexibility index (Phi) is 5.01. The molecule has 0 aromatic heterocycles. The van der Waals surface area contributed by atoms with E-state index in [1.165, 1.54) is 12.7 Å². The minimum atomic E-state index is -0.589. The number of fused-ring (bicyclic) bond motifs is 1. The van der Waals surface area contributed by atoms with Crippen molar-refractivity contribution in [1.82, 2.24) is 10.2 Å². The number of nitrogens with one attached hydrogen (secondary N) is 1. The van der Waals surface area contributed by atoms with Crippen LogP contribution in [-0.2, 0) is 16.0 Å². The van der Waals surface area contributed by atoms with Crippen molar-refractivity contribution in [3.05, 3.63) is 23.8 Å². The van der Waals surface area contributed by atoms with Crippen LogP contribution in [0.1, 0.15) is 25.3 Å². The number of carbonyl (C=O) groups excluding carboxylic acids is 2. The molecule has 0 saturated carbocycles. The number of hydrogen-bond acceptors (Lipinski definition) is 5. The first-order valence-corrected chi connectivity index (χ1v) is 8.47. The Morgan fingerprint density at radius 1 is 1.32 bits per heavy atom.